The summed E-state index contributed by atoms with van der Waals surface area (Å²) in [5.74, 6) is 0.950. The van der Waals surface area contributed by atoms with E-state index in [9.17, 15) is 4.79 Å². The number of halogens is 1. The summed E-state index contributed by atoms with van der Waals surface area (Å²) in [6, 6.07) is 4.31. The third-order valence-electron chi connectivity index (χ3n) is 4.57. The van der Waals surface area contributed by atoms with E-state index < -0.39 is 5.60 Å². The van der Waals surface area contributed by atoms with Crippen LogP contribution in [0.3, 0.4) is 0 Å². The van der Waals surface area contributed by atoms with Crippen LogP contribution >= 0.6 is 28.4 Å². The molecule has 0 fully saturated rings. The lowest BCUT2D eigenvalue weighted by atomic mass is 10.0. The van der Waals surface area contributed by atoms with E-state index in [2.05, 4.69) is 64.4 Å². The summed E-state index contributed by atoms with van der Waals surface area (Å²) >= 11 is 2.34. The zero-order valence-corrected chi connectivity index (χ0v) is 23.5. The first-order valence-corrected chi connectivity index (χ1v) is 14.8. The van der Waals surface area contributed by atoms with Crippen LogP contribution in [0.2, 0.25) is 0 Å². The van der Waals surface area contributed by atoms with Gasteiger partial charge in [0.1, 0.15) is 11.4 Å². The Morgan fingerprint density at radius 2 is 1.91 bits per heavy atom. The van der Waals surface area contributed by atoms with Crippen LogP contribution in [0.15, 0.2) is 18.3 Å². The molecule has 1 heterocycles. The summed E-state index contributed by atoms with van der Waals surface area (Å²) in [5.41, 5.74) is 4.97. The van der Waals surface area contributed by atoms with E-state index in [4.69, 9.17) is 14.6 Å². The molecular formula is C23H36IN4O3P. The molecular weight excluding hydrogens is 538 g/mol. The molecule has 0 aliphatic carbocycles. The first-order valence-electron chi connectivity index (χ1n) is 10.8. The minimum Gasteiger partial charge on any atom is -0.490 e. The van der Waals surface area contributed by atoms with E-state index in [0.29, 0.717) is 19.5 Å². The first kappa shape index (κ1) is 26.9. The molecule has 0 saturated carbocycles. The number of carbonyl (C=O) groups is 1. The van der Waals surface area contributed by atoms with Gasteiger partial charge in [0.25, 0.3) is 0 Å². The van der Waals surface area contributed by atoms with Gasteiger partial charge in [0, 0.05) is 37.0 Å². The van der Waals surface area contributed by atoms with Crippen molar-refractivity contribution in [3.8, 4) is 17.0 Å². The molecule has 1 aromatic heterocycles. The van der Waals surface area contributed by atoms with Crippen LogP contribution in [0.1, 0.15) is 51.3 Å². The summed E-state index contributed by atoms with van der Waals surface area (Å²) in [4.78, 5) is 14.0. The summed E-state index contributed by atoms with van der Waals surface area (Å²) in [5, 5.41) is 7.66. The molecule has 0 spiro atoms. The number of carbonyl (C=O) groups excluding carboxylic acids is 1. The van der Waals surface area contributed by atoms with Gasteiger partial charge >= 0.3 is 6.09 Å². The highest BCUT2D eigenvalue weighted by Gasteiger charge is 2.18. The third kappa shape index (κ3) is 8.19. The van der Waals surface area contributed by atoms with Crippen molar-refractivity contribution in [2.75, 3.05) is 20.1 Å². The number of aryl methyl sites for hydroxylation is 2. The summed E-state index contributed by atoms with van der Waals surface area (Å²) in [6.45, 7) is 15.8. The van der Waals surface area contributed by atoms with Crippen LogP contribution < -0.4 is 10.1 Å². The van der Waals surface area contributed by atoms with E-state index in [1.807, 2.05) is 46.1 Å². The van der Waals surface area contributed by atoms with Crippen molar-refractivity contribution < 1.29 is 14.3 Å². The Morgan fingerprint density at radius 3 is 2.44 bits per heavy atom. The lowest BCUT2D eigenvalue weighted by Gasteiger charge is -2.21. The molecule has 2 rings (SSSR count). The Hall–Kier alpha value is -1.38. The maximum absolute atomic E-state index is 11.9. The number of likely N-dealkylation sites (N-methyl/N-ethyl adjacent to an activating group) is 1. The molecule has 9 heteroatoms. The number of benzene rings is 1. The molecule has 0 aliphatic rings. The highest BCUT2D eigenvalue weighted by molar-refractivity contribution is 14.2. The number of nitrogens with one attached hydrogen (secondary N) is 1. The zero-order chi connectivity index (χ0) is 24.1. The lowest BCUT2D eigenvalue weighted by molar-refractivity contribution is 0.0523. The Labute approximate surface area is 206 Å². The maximum atomic E-state index is 11.9. The number of alkyl carbamates (subject to hydrolysis) is 1. The Morgan fingerprint density at radius 1 is 1.28 bits per heavy atom. The van der Waals surface area contributed by atoms with Crippen molar-refractivity contribution in [3.63, 3.8) is 0 Å². The summed E-state index contributed by atoms with van der Waals surface area (Å²) < 4.78 is 13.3. The first-order chi connectivity index (χ1) is 14.9. The fourth-order valence-electron chi connectivity index (χ4n) is 3.35. The van der Waals surface area contributed by atoms with Crippen molar-refractivity contribution in [2.45, 2.75) is 66.7 Å². The topological polar surface area (TPSA) is 68.6 Å². The smallest absolute Gasteiger partial charge is 0.407 e. The van der Waals surface area contributed by atoms with Crippen LogP contribution in [0.25, 0.3) is 11.3 Å². The minimum atomic E-state index is -0.494. The molecule has 1 unspecified atom stereocenters. The Balaban J connectivity index is 2.13. The van der Waals surface area contributed by atoms with E-state index >= 15 is 0 Å². The number of aromatic nitrogens is 2. The predicted molar refractivity (Wildman–Crippen MR) is 141 cm³/mol. The van der Waals surface area contributed by atoms with Crippen LogP contribution in [-0.4, -0.2) is 52.4 Å². The molecule has 7 nitrogen and oxygen atoms in total. The van der Waals surface area contributed by atoms with Crippen LogP contribution in [0.5, 0.6) is 5.75 Å². The second-order valence-corrected chi connectivity index (χ2v) is 11.4. The van der Waals surface area contributed by atoms with Gasteiger partial charge in [-0.1, -0.05) is 0 Å². The number of hydrogen-bond donors (Lipinski definition) is 1. The highest BCUT2D eigenvalue weighted by Crippen LogP contribution is 2.34. The number of ether oxygens (including phenoxy) is 2. The SMILES string of the molecule is Cc1cc(-c2nn(PI)cc2CN(C)CCNC(=O)OC(C)(C)C)cc(C)c1OC(C)C. The highest BCUT2D eigenvalue weighted by atomic mass is 127. The Bertz CT molecular complexity index is 901. The Kier molecular flexibility index (Phi) is 9.79. The van der Waals surface area contributed by atoms with E-state index in [1.54, 1.807) is 0 Å². The molecule has 32 heavy (non-hydrogen) atoms. The molecule has 2 aromatic rings. The molecule has 0 aliphatic heterocycles. The second-order valence-electron chi connectivity index (χ2n) is 9.30. The van der Waals surface area contributed by atoms with E-state index in [1.165, 1.54) is 0 Å². The van der Waals surface area contributed by atoms with Gasteiger partial charge in [0.05, 0.1) is 18.2 Å². The molecule has 1 N–H and O–H groups in total. The monoisotopic (exact) mass is 574 g/mol. The number of rotatable bonds is 9. The van der Waals surface area contributed by atoms with Crippen molar-refractivity contribution in [1.29, 1.82) is 0 Å². The second kappa shape index (κ2) is 11.7. The van der Waals surface area contributed by atoms with Gasteiger partial charge in [-0.2, -0.15) is 5.10 Å². The molecule has 1 aromatic carbocycles. The average molecular weight is 574 g/mol. The predicted octanol–water partition coefficient (Wildman–Crippen LogP) is 5.70. The van der Waals surface area contributed by atoms with Crippen molar-refractivity contribution in [2.24, 2.45) is 0 Å². The lowest BCUT2D eigenvalue weighted by Crippen LogP contribution is -2.36. The largest absolute Gasteiger partial charge is 0.490 e. The molecule has 178 valence electrons. The van der Waals surface area contributed by atoms with Crippen molar-refractivity contribution >= 4 is 34.5 Å². The molecule has 0 bridgehead atoms. The number of nitrogens with zero attached hydrogens (tertiary/aromatic N) is 3. The van der Waals surface area contributed by atoms with Crippen LogP contribution in [0.4, 0.5) is 4.79 Å². The van der Waals surface area contributed by atoms with Gasteiger partial charge in [0.2, 0.25) is 0 Å². The standard InChI is InChI=1S/C23H36IN4O3P/c1-15(2)30-21-16(3)11-18(12-17(21)4)20-19(14-28(26-20)32-24)13-27(8)10-9-25-22(29)31-23(5,6)7/h11-12,14-15,32H,9-10,13H2,1-8H3,(H,25,29). The number of hydrogen-bond acceptors (Lipinski definition) is 5. The van der Waals surface area contributed by atoms with Crippen molar-refractivity contribution in [1.82, 2.24) is 19.8 Å². The third-order valence-corrected chi connectivity index (χ3v) is 6.45. The molecule has 0 radical (unpaired) electrons. The fraction of sp³-hybridized carbons (Fsp3) is 0.565. The minimum absolute atomic E-state index is 0.135. The molecule has 1 amide bonds. The van der Waals surface area contributed by atoms with Crippen LogP contribution in [-0.2, 0) is 11.3 Å². The fourth-order valence-corrected chi connectivity index (χ4v) is 4.44. The van der Waals surface area contributed by atoms with Gasteiger partial charge < -0.3 is 19.7 Å². The number of amides is 1. The van der Waals surface area contributed by atoms with Gasteiger partial charge in [-0.25, -0.2) is 9.25 Å². The van der Waals surface area contributed by atoms with E-state index in [0.717, 1.165) is 40.2 Å². The zero-order valence-electron chi connectivity index (χ0n) is 20.4. The van der Waals surface area contributed by atoms with Gasteiger partial charge in [-0.3, -0.25) is 0 Å². The quantitative estimate of drug-likeness (QED) is 0.308. The van der Waals surface area contributed by atoms with Gasteiger partial charge in [0.15, 0.2) is 0 Å². The molecule has 0 saturated heterocycles. The van der Waals surface area contributed by atoms with Gasteiger partial charge in [-0.15, -0.1) is 0 Å². The normalized spacial score (nSPS) is 12.2. The van der Waals surface area contributed by atoms with E-state index in [-0.39, 0.29) is 12.2 Å². The molecule has 1 atom stereocenters. The van der Waals surface area contributed by atoms with Crippen LogP contribution in [0, 0.1) is 13.8 Å². The summed E-state index contributed by atoms with van der Waals surface area (Å²) in [7, 11) is 2.04. The summed E-state index contributed by atoms with van der Waals surface area (Å²) in [6.07, 6.45) is 2.39. The average Bonchev–Trinajstić information content (AvgIpc) is 3.05. The van der Waals surface area contributed by atoms with Gasteiger partial charge in [-0.05, 0) is 101 Å². The maximum Gasteiger partial charge on any atom is 0.407 e. The van der Waals surface area contributed by atoms with Crippen molar-refractivity contribution in [3.05, 3.63) is 35.0 Å².